The molecule has 1 amide bonds. The molecule has 120 valence electrons. The van der Waals surface area contributed by atoms with Crippen molar-refractivity contribution in [2.45, 2.75) is 18.9 Å². The smallest absolute Gasteiger partial charge is 0.239 e. The number of nitrogens with one attached hydrogen (secondary N) is 3. The maximum atomic E-state index is 11.8. The predicted octanol–water partition coefficient (Wildman–Crippen LogP) is 1.82. The lowest BCUT2D eigenvalue weighted by atomic mass is 10.1. The van der Waals surface area contributed by atoms with Gasteiger partial charge in [-0.05, 0) is 31.5 Å². The van der Waals surface area contributed by atoms with Gasteiger partial charge < -0.3 is 20.7 Å². The van der Waals surface area contributed by atoms with Crippen LogP contribution in [0.2, 0.25) is 0 Å². The van der Waals surface area contributed by atoms with Gasteiger partial charge in [0.25, 0.3) is 0 Å². The van der Waals surface area contributed by atoms with E-state index in [0.717, 1.165) is 37.4 Å². The van der Waals surface area contributed by atoms with Crippen LogP contribution >= 0.6 is 24.8 Å². The van der Waals surface area contributed by atoms with E-state index in [-0.39, 0.29) is 43.3 Å². The van der Waals surface area contributed by atoms with Crippen molar-refractivity contribution in [2.24, 2.45) is 0 Å². The van der Waals surface area contributed by atoms with Gasteiger partial charge in [0.15, 0.2) is 0 Å². The van der Waals surface area contributed by atoms with E-state index < -0.39 is 0 Å². The number of hydrogen-bond donors (Lipinski definition) is 3. The van der Waals surface area contributed by atoms with Gasteiger partial charge in [0, 0.05) is 12.6 Å². The second kappa shape index (κ2) is 10.5. The number of para-hydroxylation sites is 2. The lowest BCUT2D eigenvalue weighted by Gasteiger charge is -2.24. The lowest BCUT2D eigenvalue weighted by Crippen LogP contribution is -2.47. The molecule has 0 spiro atoms. The van der Waals surface area contributed by atoms with Crippen LogP contribution in [-0.4, -0.2) is 38.7 Å². The monoisotopic (exact) mass is 335 g/mol. The Bertz CT molecular complexity index is 426. The van der Waals surface area contributed by atoms with E-state index in [0.29, 0.717) is 0 Å². The number of anilines is 1. The van der Waals surface area contributed by atoms with E-state index in [1.54, 1.807) is 7.11 Å². The van der Waals surface area contributed by atoms with Gasteiger partial charge in [0.05, 0.1) is 19.3 Å². The Morgan fingerprint density at radius 2 is 2.14 bits per heavy atom. The van der Waals surface area contributed by atoms with Crippen molar-refractivity contribution in [3.63, 3.8) is 0 Å². The zero-order valence-corrected chi connectivity index (χ0v) is 13.7. The average molecular weight is 336 g/mol. The third kappa shape index (κ3) is 6.42. The van der Waals surface area contributed by atoms with E-state index >= 15 is 0 Å². The van der Waals surface area contributed by atoms with Crippen molar-refractivity contribution in [3.05, 3.63) is 24.3 Å². The largest absolute Gasteiger partial charge is 0.495 e. The molecule has 21 heavy (non-hydrogen) atoms. The Labute approximate surface area is 138 Å². The van der Waals surface area contributed by atoms with Crippen LogP contribution in [0.1, 0.15) is 12.8 Å². The first kappa shape index (κ1) is 19.8. The van der Waals surface area contributed by atoms with Crippen LogP contribution in [-0.2, 0) is 4.79 Å². The number of hydrogen-bond acceptors (Lipinski definition) is 4. The van der Waals surface area contributed by atoms with Crippen molar-refractivity contribution >= 4 is 36.4 Å². The van der Waals surface area contributed by atoms with Crippen LogP contribution in [0.4, 0.5) is 5.69 Å². The first-order chi connectivity index (χ1) is 9.29. The molecule has 2 rings (SSSR count). The van der Waals surface area contributed by atoms with Crippen LogP contribution < -0.4 is 20.7 Å². The first-order valence-corrected chi connectivity index (χ1v) is 6.66. The molecule has 1 fully saturated rings. The van der Waals surface area contributed by atoms with Crippen LogP contribution in [0.25, 0.3) is 0 Å². The number of carbonyl (C=O) groups is 1. The molecule has 5 nitrogen and oxygen atoms in total. The number of methoxy groups -OCH3 is 1. The molecule has 0 bridgehead atoms. The van der Waals surface area contributed by atoms with Gasteiger partial charge in [-0.1, -0.05) is 12.1 Å². The number of rotatable bonds is 5. The summed E-state index contributed by atoms with van der Waals surface area (Å²) in [6, 6.07) is 7.83. The molecule has 0 aliphatic carbocycles. The summed E-state index contributed by atoms with van der Waals surface area (Å²) in [5.74, 6) is 0.759. The Morgan fingerprint density at radius 1 is 1.38 bits per heavy atom. The SMILES string of the molecule is COc1ccccc1NCC(=O)NC1CCCNC1.Cl.Cl. The quantitative estimate of drug-likeness (QED) is 0.768. The molecule has 1 aliphatic heterocycles. The molecule has 1 unspecified atom stereocenters. The van der Waals surface area contributed by atoms with Crippen molar-refractivity contribution in [1.29, 1.82) is 0 Å². The molecular formula is C14H23Cl2N3O2. The number of piperidine rings is 1. The zero-order valence-electron chi connectivity index (χ0n) is 12.1. The van der Waals surface area contributed by atoms with Crippen LogP contribution in [0.3, 0.4) is 0 Å². The summed E-state index contributed by atoms with van der Waals surface area (Å²) in [6.07, 6.45) is 2.16. The Kier molecular flexibility index (Phi) is 9.95. The summed E-state index contributed by atoms with van der Waals surface area (Å²) in [5, 5.41) is 9.40. The third-order valence-corrected chi connectivity index (χ3v) is 3.21. The highest BCUT2D eigenvalue weighted by atomic mass is 35.5. The first-order valence-electron chi connectivity index (χ1n) is 6.66. The van der Waals surface area contributed by atoms with E-state index in [2.05, 4.69) is 16.0 Å². The minimum absolute atomic E-state index is 0. The molecule has 0 saturated carbocycles. The second-order valence-electron chi connectivity index (χ2n) is 4.66. The molecule has 7 heteroatoms. The minimum atomic E-state index is 0. The van der Waals surface area contributed by atoms with Crippen LogP contribution in [0, 0.1) is 0 Å². The van der Waals surface area contributed by atoms with Gasteiger partial charge in [0.1, 0.15) is 5.75 Å². The number of ether oxygens (including phenoxy) is 1. The second-order valence-corrected chi connectivity index (χ2v) is 4.66. The summed E-state index contributed by atoms with van der Waals surface area (Å²) in [4.78, 5) is 11.8. The normalized spacial score (nSPS) is 16.9. The topological polar surface area (TPSA) is 62.4 Å². The van der Waals surface area contributed by atoms with Crippen LogP contribution in [0.5, 0.6) is 5.75 Å². The lowest BCUT2D eigenvalue weighted by molar-refractivity contribution is -0.120. The summed E-state index contributed by atoms with van der Waals surface area (Å²) >= 11 is 0. The van der Waals surface area contributed by atoms with Crippen molar-refractivity contribution < 1.29 is 9.53 Å². The summed E-state index contributed by atoms with van der Waals surface area (Å²) < 4.78 is 5.22. The van der Waals surface area contributed by atoms with Crippen molar-refractivity contribution in [3.8, 4) is 5.75 Å². The van der Waals surface area contributed by atoms with Gasteiger partial charge in [-0.15, -0.1) is 24.8 Å². The number of benzene rings is 1. The highest BCUT2D eigenvalue weighted by Crippen LogP contribution is 2.22. The fraction of sp³-hybridized carbons (Fsp3) is 0.500. The maximum absolute atomic E-state index is 11.8. The Balaban J connectivity index is 0.00000200. The summed E-state index contributed by atoms with van der Waals surface area (Å²) in [6.45, 7) is 2.17. The molecule has 1 aromatic carbocycles. The standard InChI is InChI=1S/C14H21N3O2.2ClH/c1-19-13-7-3-2-6-12(13)16-10-14(18)17-11-5-4-8-15-9-11;;/h2-3,6-7,11,15-16H,4-5,8-10H2,1H3,(H,17,18);2*1H. The molecule has 1 saturated heterocycles. The van der Waals surface area contributed by atoms with E-state index in [9.17, 15) is 4.79 Å². The van der Waals surface area contributed by atoms with E-state index in [1.807, 2.05) is 24.3 Å². The predicted molar refractivity (Wildman–Crippen MR) is 90.0 cm³/mol. The van der Waals surface area contributed by atoms with E-state index in [4.69, 9.17) is 4.74 Å². The van der Waals surface area contributed by atoms with Crippen molar-refractivity contribution in [2.75, 3.05) is 32.1 Å². The van der Waals surface area contributed by atoms with E-state index in [1.165, 1.54) is 0 Å². The van der Waals surface area contributed by atoms with Gasteiger partial charge in [-0.3, -0.25) is 4.79 Å². The fourth-order valence-corrected chi connectivity index (χ4v) is 2.22. The number of carbonyl (C=O) groups excluding carboxylic acids is 1. The fourth-order valence-electron chi connectivity index (χ4n) is 2.22. The minimum Gasteiger partial charge on any atom is -0.495 e. The molecule has 1 aromatic rings. The molecule has 1 aliphatic rings. The molecule has 0 radical (unpaired) electrons. The number of halogens is 2. The third-order valence-electron chi connectivity index (χ3n) is 3.21. The van der Waals surface area contributed by atoms with Crippen LogP contribution in [0.15, 0.2) is 24.3 Å². The molecule has 0 aromatic heterocycles. The zero-order chi connectivity index (χ0) is 13.5. The summed E-state index contributed by atoms with van der Waals surface area (Å²) in [5.41, 5.74) is 0.835. The molecule has 1 atom stereocenters. The molecule has 1 heterocycles. The average Bonchev–Trinajstić information content (AvgIpc) is 2.46. The molecular weight excluding hydrogens is 313 g/mol. The maximum Gasteiger partial charge on any atom is 0.239 e. The number of amides is 1. The highest BCUT2D eigenvalue weighted by Gasteiger charge is 2.15. The Morgan fingerprint density at radius 3 is 2.81 bits per heavy atom. The Hall–Kier alpha value is -1.17. The van der Waals surface area contributed by atoms with Crippen molar-refractivity contribution in [1.82, 2.24) is 10.6 Å². The highest BCUT2D eigenvalue weighted by molar-refractivity contribution is 5.85. The molecule has 3 N–H and O–H groups in total. The van der Waals surface area contributed by atoms with Gasteiger partial charge in [-0.2, -0.15) is 0 Å². The van der Waals surface area contributed by atoms with Gasteiger partial charge in [0.2, 0.25) is 5.91 Å². The summed E-state index contributed by atoms with van der Waals surface area (Å²) in [7, 11) is 1.62. The van der Waals surface area contributed by atoms with Gasteiger partial charge >= 0.3 is 0 Å². The van der Waals surface area contributed by atoms with Gasteiger partial charge in [-0.25, -0.2) is 0 Å².